The summed E-state index contributed by atoms with van der Waals surface area (Å²) >= 11 is 0. The van der Waals surface area contributed by atoms with Gasteiger partial charge < -0.3 is 10.2 Å². The molecule has 5 nitrogen and oxygen atoms in total. The minimum absolute atomic E-state index is 0.140. The quantitative estimate of drug-likeness (QED) is 0.544. The maximum atomic E-state index is 12.8. The Morgan fingerprint density at radius 3 is 2.52 bits per heavy atom. The molecule has 1 N–H and O–H groups in total. The number of aryl methyl sites for hydroxylation is 1. The molecule has 4 rings (SSSR count). The summed E-state index contributed by atoms with van der Waals surface area (Å²) in [5.41, 5.74) is 6.73. The van der Waals surface area contributed by atoms with Gasteiger partial charge in [-0.2, -0.15) is 0 Å². The van der Waals surface area contributed by atoms with Crippen molar-refractivity contribution in [3.8, 4) is 11.3 Å². The first-order chi connectivity index (χ1) is 14.0. The largest absolute Gasteiger partial charge is 0.378 e. The van der Waals surface area contributed by atoms with E-state index in [-0.39, 0.29) is 5.91 Å². The van der Waals surface area contributed by atoms with Crippen LogP contribution in [-0.4, -0.2) is 30.0 Å². The Kier molecular flexibility index (Phi) is 4.96. The van der Waals surface area contributed by atoms with Gasteiger partial charge in [-0.25, -0.2) is 4.98 Å². The summed E-state index contributed by atoms with van der Waals surface area (Å²) in [6, 6.07) is 21.3. The Hall–Kier alpha value is -3.73. The van der Waals surface area contributed by atoms with Crippen LogP contribution in [0.5, 0.6) is 0 Å². The average Bonchev–Trinajstić information content (AvgIpc) is 2.75. The zero-order valence-corrected chi connectivity index (χ0v) is 16.7. The highest BCUT2D eigenvalue weighted by Crippen LogP contribution is 2.26. The van der Waals surface area contributed by atoms with E-state index in [0.717, 1.165) is 39.2 Å². The monoisotopic (exact) mass is 382 g/mol. The van der Waals surface area contributed by atoms with Crippen LogP contribution in [0.15, 0.2) is 72.9 Å². The average molecular weight is 382 g/mol. The number of amides is 1. The van der Waals surface area contributed by atoms with Gasteiger partial charge in [0.05, 0.1) is 22.9 Å². The maximum Gasteiger partial charge on any atom is 0.255 e. The molecule has 5 heteroatoms. The van der Waals surface area contributed by atoms with Gasteiger partial charge in [0.15, 0.2) is 0 Å². The fourth-order valence-electron chi connectivity index (χ4n) is 3.13. The van der Waals surface area contributed by atoms with Crippen LogP contribution in [-0.2, 0) is 0 Å². The van der Waals surface area contributed by atoms with Crippen molar-refractivity contribution >= 4 is 28.3 Å². The second kappa shape index (κ2) is 7.72. The standard InChI is InChI=1S/C24H22N4O/c1-16-11-12-17(23-15-25-20-9-4-5-10-21(20)26-23)14-22(16)27-24(29)18-7-6-8-19(13-18)28(2)3/h4-15H,1-3H3,(H,27,29). The molecule has 0 bridgehead atoms. The van der Waals surface area contributed by atoms with Crippen LogP contribution in [0.3, 0.4) is 0 Å². The summed E-state index contributed by atoms with van der Waals surface area (Å²) in [6.07, 6.45) is 1.76. The van der Waals surface area contributed by atoms with Crippen LogP contribution < -0.4 is 10.2 Å². The normalized spacial score (nSPS) is 10.7. The third kappa shape index (κ3) is 3.94. The third-order valence-electron chi connectivity index (χ3n) is 4.85. The number of fused-ring (bicyclic) bond motifs is 1. The molecule has 0 fully saturated rings. The van der Waals surface area contributed by atoms with Gasteiger partial charge in [-0.1, -0.05) is 30.3 Å². The van der Waals surface area contributed by atoms with Crippen LogP contribution in [0.25, 0.3) is 22.3 Å². The molecule has 0 aliphatic carbocycles. The minimum atomic E-state index is -0.140. The first-order valence-electron chi connectivity index (χ1n) is 9.43. The van der Waals surface area contributed by atoms with Gasteiger partial charge in [0.25, 0.3) is 5.91 Å². The number of nitrogens with zero attached hydrogens (tertiary/aromatic N) is 3. The predicted molar refractivity (Wildman–Crippen MR) is 118 cm³/mol. The molecule has 144 valence electrons. The Balaban J connectivity index is 1.64. The molecule has 0 saturated heterocycles. The molecule has 3 aromatic carbocycles. The van der Waals surface area contributed by atoms with Gasteiger partial charge in [0, 0.05) is 36.6 Å². The minimum Gasteiger partial charge on any atom is -0.378 e. The number of hydrogen-bond donors (Lipinski definition) is 1. The van der Waals surface area contributed by atoms with Gasteiger partial charge in [-0.3, -0.25) is 9.78 Å². The number of anilines is 2. The van der Waals surface area contributed by atoms with Gasteiger partial charge in [0.1, 0.15) is 0 Å². The van der Waals surface area contributed by atoms with Crippen LogP contribution >= 0.6 is 0 Å². The van der Waals surface area contributed by atoms with Crippen LogP contribution in [0.4, 0.5) is 11.4 Å². The van der Waals surface area contributed by atoms with Crippen molar-refractivity contribution in [2.24, 2.45) is 0 Å². The molecule has 0 aliphatic heterocycles. The molecule has 4 aromatic rings. The maximum absolute atomic E-state index is 12.8. The third-order valence-corrected chi connectivity index (χ3v) is 4.85. The summed E-state index contributed by atoms with van der Waals surface area (Å²) < 4.78 is 0. The number of aromatic nitrogens is 2. The molecule has 0 atom stereocenters. The lowest BCUT2D eigenvalue weighted by atomic mass is 10.1. The molecule has 0 aliphatic rings. The molecular formula is C24H22N4O. The van der Waals surface area contributed by atoms with Crippen molar-refractivity contribution in [3.63, 3.8) is 0 Å². The van der Waals surface area contributed by atoms with Crippen LogP contribution in [0.1, 0.15) is 15.9 Å². The van der Waals surface area contributed by atoms with Crippen LogP contribution in [0.2, 0.25) is 0 Å². The highest BCUT2D eigenvalue weighted by molar-refractivity contribution is 6.05. The fraction of sp³-hybridized carbons (Fsp3) is 0.125. The highest BCUT2D eigenvalue weighted by Gasteiger charge is 2.11. The van der Waals surface area contributed by atoms with Crippen LogP contribution in [0, 0.1) is 6.92 Å². The van der Waals surface area contributed by atoms with Crippen molar-refractivity contribution in [2.45, 2.75) is 6.92 Å². The number of carbonyl (C=O) groups excluding carboxylic acids is 1. The smallest absolute Gasteiger partial charge is 0.255 e. The summed E-state index contributed by atoms with van der Waals surface area (Å²) in [5, 5.41) is 3.03. The van der Waals surface area contributed by atoms with E-state index in [1.807, 2.05) is 92.6 Å². The molecule has 0 radical (unpaired) electrons. The van der Waals surface area contributed by atoms with E-state index in [2.05, 4.69) is 10.3 Å². The summed E-state index contributed by atoms with van der Waals surface area (Å²) in [5.74, 6) is -0.140. The topological polar surface area (TPSA) is 58.1 Å². The lowest BCUT2D eigenvalue weighted by molar-refractivity contribution is 0.102. The van der Waals surface area contributed by atoms with Crippen molar-refractivity contribution in [2.75, 3.05) is 24.3 Å². The van der Waals surface area contributed by atoms with E-state index < -0.39 is 0 Å². The Labute approximate surface area is 170 Å². The lowest BCUT2D eigenvalue weighted by Crippen LogP contribution is -2.14. The summed E-state index contributed by atoms with van der Waals surface area (Å²) in [6.45, 7) is 1.97. The molecule has 1 aromatic heterocycles. The molecule has 0 unspecified atom stereocenters. The first-order valence-corrected chi connectivity index (χ1v) is 9.43. The van der Waals surface area contributed by atoms with Crippen molar-refractivity contribution in [3.05, 3.63) is 84.1 Å². The first kappa shape index (κ1) is 18.6. The summed E-state index contributed by atoms with van der Waals surface area (Å²) in [7, 11) is 3.91. The van der Waals surface area contributed by atoms with E-state index in [1.54, 1.807) is 6.20 Å². The number of hydrogen-bond acceptors (Lipinski definition) is 4. The second-order valence-electron chi connectivity index (χ2n) is 7.17. The molecule has 1 heterocycles. The number of nitrogens with one attached hydrogen (secondary N) is 1. The van der Waals surface area contributed by atoms with E-state index in [4.69, 9.17) is 4.98 Å². The van der Waals surface area contributed by atoms with Crippen molar-refractivity contribution in [1.29, 1.82) is 0 Å². The van der Waals surface area contributed by atoms with Crippen molar-refractivity contribution < 1.29 is 4.79 Å². The van der Waals surface area contributed by atoms with Gasteiger partial charge in [-0.05, 0) is 48.9 Å². The lowest BCUT2D eigenvalue weighted by Gasteiger charge is -2.14. The van der Waals surface area contributed by atoms with E-state index in [9.17, 15) is 4.79 Å². The molecular weight excluding hydrogens is 360 g/mol. The second-order valence-corrected chi connectivity index (χ2v) is 7.17. The predicted octanol–water partition coefficient (Wildman–Crippen LogP) is 4.92. The Morgan fingerprint density at radius 1 is 0.931 bits per heavy atom. The molecule has 1 amide bonds. The van der Waals surface area contributed by atoms with Crippen molar-refractivity contribution in [1.82, 2.24) is 9.97 Å². The highest BCUT2D eigenvalue weighted by atomic mass is 16.1. The zero-order valence-electron chi connectivity index (χ0n) is 16.7. The van der Waals surface area contributed by atoms with Gasteiger partial charge >= 0.3 is 0 Å². The fourth-order valence-corrected chi connectivity index (χ4v) is 3.13. The SMILES string of the molecule is Cc1ccc(-c2cnc3ccccc3n2)cc1NC(=O)c1cccc(N(C)C)c1. The summed E-state index contributed by atoms with van der Waals surface area (Å²) in [4.78, 5) is 24.0. The Bertz CT molecular complexity index is 1200. The number of rotatable bonds is 4. The molecule has 29 heavy (non-hydrogen) atoms. The number of carbonyl (C=O) groups is 1. The van der Waals surface area contributed by atoms with E-state index in [0.29, 0.717) is 5.56 Å². The molecule has 0 spiro atoms. The Morgan fingerprint density at radius 2 is 1.72 bits per heavy atom. The van der Waals surface area contributed by atoms with Gasteiger partial charge in [0.2, 0.25) is 0 Å². The molecule has 0 saturated carbocycles. The van der Waals surface area contributed by atoms with E-state index >= 15 is 0 Å². The van der Waals surface area contributed by atoms with E-state index in [1.165, 1.54) is 0 Å². The number of benzene rings is 3. The zero-order chi connectivity index (χ0) is 20.4. The number of para-hydroxylation sites is 2. The van der Waals surface area contributed by atoms with Gasteiger partial charge in [-0.15, -0.1) is 0 Å².